The van der Waals surface area contributed by atoms with Crippen LogP contribution in [0.5, 0.6) is 0 Å². The summed E-state index contributed by atoms with van der Waals surface area (Å²) in [6.07, 6.45) is 13.3. The maximum absolute atomic E-state index is 4.05. The highest BCUT2D eigenvalue weighted by molar-refractivity contribution is 6.85. The smallest absolute Gasteiger partial charge is 0.0882 e. The highest BCUT2D eigenvalue weighted by atomic mass is 28.3. The van der Waals surface area contributed by atoms with E-state index < -0.39 is 8.07 Å². The average Bonchev–Trinajstić information content (AvgIpc) is 2.29. The molecule has 0 N–H and O–H groups in total. The summed E-state index contributed by atoms with van der Waals surface area (Å²) in [4.78, 5) is 0. The van der Waals surface area contributed by atoms with Gasteiger partial charge in [-0.3, -0.25) is 0 Å². The first-order valence-corrected chi connectivity index (χ1v) is 8.41. The molecule has 84 valence electrons. The van der Waals surface area contributed by atoms with Gasteiger partial charge >= 0.3 is 0 Å². The van der Waals surface area contributed by atoms with Gasteiger partial charge in [-0.05, 0) is 38.9 Å². The summed E-state index contributed by atoms with van der Waals surface area (Å²) in [5.41, 5.74) is 2.24. The van der Waals surface area contributed by atoms with Crippen LogP contribution < -0.4 is 0 Å². The zero-order valence-electron chi connectivity index (χ0n) is 10.4. The van der Waals surface area contributed by atoms with Crippen LogP contribution in [-0.4, -0.2) is 8.07 Å². The molecule has 0 fully saturated rings. The van der Waals surface area contributed by atoms with Crippen LogP contribution in [0, 0.1) is 0 Å². The molecule has 0 radical (unpaired) electrons. The van der Waals surface area contributed by atoms with Gasteiger partial charge in [-0.15, -0.1) is 12.3 Å². The van der Waals surface area contributed by atoms with Crippen molar-refractivity contribution >= 4 is 8.07 Å². The van der Waals surface area contributed by atoms with Crippen LogP contribution in [0.4, 0.5) is 0 Å². The second-order valence-corrected chi connectivity index (χ2v) is 8.24. The van der Waals surface area contributed by atoms with Crippen LogP contribution in [0.15, 0.2) is 48.7 Å². The lowest BCUT2D eigenvalue weighted by molar-refractivity contribution is 1.36. The Kier molecular flexibility index (Phi) is 8.02. The molecular weight excluding hydrogens is 196 g/mol. The SMILES string of the molecule is C=C[Si](C/C=C/C)(C/C=C/C)C/C=C/C. The molecule has 0 saturated carbocycles. The Labute approximate surface area is 96.1 Å². The van der Waals surface area contributed by atoms with Gasteiger partial charge in [0.15, 0.2) is 0 Å². The molecule has 0 aliphatic carbocycles. The maximum atomic E-state index is 4.05. The monoisotopic (exact) mass is 220 g/mol. The Hall–Kier alpha value is -0.823. The van der Waals surface area contributed by atoms with Crippen molar-refractivity contribution in [1.29, 1.82) is 0 Å². The molecule has 0 amide bonds. The van der Waals surface area contributed by atoms with E-state index in [2.05, 4.69) is 69.5 Å². The van der Waals surface area contributed by atoms with Crippen molar-refractivity contribution in [3.05, 3.63) is 48.7 Å². The molecule has 0 aromatic heterocycles. The van der Waals surface area contributed by atoms with Crippen molar-refractivity contribution < 1.29 is 0 Å². The predicted octanol–water partition coefficient (Wildman–Crippen LogP) is 4.89. The van der Waals surface area contributed by atoms with E-state index in [1.54, 1.807) is 0 Å². The molecule has 0 bridgehead atoms. The standard InChI is InChI=1S/C14H24Si/c1-5-9-12-15(8-4,13-10-6-2)14-11-7-3/h5-11H,4,12-14H2,1-3H3/b9-5+,10-6+,11-7+. The summed E-state index contributed by atoms with van der Waals surface area (Å²) in [7, 11) is -1.33. The first-order chi connectivity index (χ1) is 7.24. The van der Waals surface area contributed by atoms with Crippen molar-refractivity contribution in [1.82, 2.24) is 0 Å². The number of hydrogen-bond donors (Lipinski definition) is 0. The second kappa shape index (κ2) is 8.48. The molecule has 0 heterocycles. The fraction of sp³-hybridized carbons (Fsp3) is 0.429. The van der Waals surface area contributed by atoms with Gasteiger partial charge in [-0.2, -0.15) is 0 Å². The molecule has 0 aliphatic rings. The third-order valence-electron chi connectivity index (χ3n) is 2.71. The van der Waals surface area contributed by atoms with Gasteiger partial charge in [0.2, 0.25) is 0 Å². The van der Waals surface area contributed by atoms with Crippen LogP contribution in [0.25, 0.3) is 0 Å². The highest BCUT2D eigenvalue weighted by Crippen LogP contribution is 2.24. The van der Waals surface area contributed by atoms with Gasteiger partial charge in [0.25, 0.3) is 0 Å². The van der Waals surface area contributed by atoms with Crippen LogP contribution in [0.3, 0.4) is 0 Å². The quantitative estimate of drug-likeness (QED) is 0.423. The van der Waals surface area contributed by atoms with Crippen molar-refractivity contribution in [3.8, 4) is 0 Å². The maximum Gasteiger partial charge on any atom is 0.0882 e. The molecule has 0 nitrogen and oxygen atoms in total. The molecule has 0 rings (SSSR count). The summed E-state index contributed by atoms with van der Waals surface area (Å²) in [5.74, 6) is 0. The fourth-order valence-corrected chi connectivity index (χ4v) is 4.67. The minimum absolute atomic E-state index is 1.21. The molecule has 0 unspecified atom stereocenters. The van der Waals surface area contributed by atoms with Gasteiger partial charge in [0.1, 0.15) is 0 Å². The Morgan fingerprint density at radius 3 is 1.33 bits per heavy atom. The molecule has 0 aliphatic heterocycles. The minimum Gasteiger partial charge on any atom is -0.107 e. The summed E-state index contributed by atoms with van der Waals surface area (Å²) in [6.45, 7) is 10.3. The second-order valence-electron chi connectivity index (χ2n) is 3.89. The third-order valence-corrected chi connectivity index (χ3v) is 6.73. The number of hydrogen-bond acceptors (Lipinski definition) is 0. The van der Waals surface area contributed by atoms with Crippen LogP contribution in [-0.2, 0) is 0 Å². The molecule has 0 aromatic carbocycles. The molecule has 0 aromatic rings. The molecule has 0 atom stereocenters. The van der Waals surface area contributed by atoms with Crippen molar-refractivity contribution in [3.63, 3.8) is 0 Å². The lowest BCUT2D eigenvalue weighted by Crippen LogP contribution is -2.29. The van der Waals surface area contributed by atoms with Gasteiger partial charge in [0, 0.05) is 0 Å². The Morgan fingerprint density at radius 1 is 0.800 bits per heavy atom. The fourth-order valence-electron chi connectivity index (χ4n) is 1.56. The Bertz CT molecular complexity index is 210. The third kappa shape index (κ3) is 5.58. The van der Waals surface area contributed by atoms with Gasteiger partial charge in [0.05, 0.1) is 8.07 Å². The first kappa shape index (κ1) is 14.2. The van der Waals surface area contributed by atoms with Crippen molar-refractivity contribution in [2.75, 3.05) is 0 Å². The van der Waals surface area contributed by atoms with Crippen LogP contribution in [0.2, 0.25) is 18.1 Å². The van der Waals surface area contributed by atoms with E-state index in [9.17, 15) is 0 Å². The molecular formula is C14H24Si. The zero-order valence-corrected chi connectivity index (χ0v) is 11.4. The van der Waals surface area contributed by atoms with Gasteiger partial charge in [-0.25, -0.2) is 0 Å². The van der Waals surface area contributed by atoms with E-state index >= 15 is 0 Å². The van der Waals surface area contributed by atoms with E-state index in [-0.39, 0.29) is 0 Å². The van der Waals surface area contributed by atoms with E-state index in [0.29, 0.717) is 0 Å². The number of allylic oxidation sites excluding steroid dienone is 6. The molecule has 15 heavy (non-hydrogen) atoms. The van der Waals surface area contributed by atoms with E-state index in [1.165, 1.54) is 18.1 Å². The minimum atomic E-state index is -1.33. The van der Waals surface area contributed by atoms with Gasteiger partial charge in [-0.1, -0.05) is 36.5 Å². The Morgan fingerprint density at radius 2 is 1.13 bits per heavy atom. The van der Waals surface area contributed by atoms with Crippen LogP contribution >= 0.6 is 0 Å². The van der Waals surface area contributed by atoms with Crippen molar-refractivity contribution in [2.45, 2.75) is 38.9 Å². The summed E-state index contributed by atoms with van der Waals surface area (Å²) in [6, 6.07) is 3.63. The number of rotatable bonds is 7. The Balaban J connectivity index is 4.64. The van der Waals surface area contributed by atoms with Crippen molar-refractivity contribution in [2.24, 2.45) is 0 Å². The normalized spacial score (nSPS) is 13.3. The van der Waals surface area contributed by atoms with E-state index in [4.69, 9.17) is 0 Å². The average molecular weight is 220 g/mol. The van der Waals surface area contributed by atoms with Crippen LogP contribution in [0.1, 0.15) is 20.8 Å². The lowest BCUT2D eigenvalue weighted by Gasteiger charge is -2.24. The predicted molar refractivity (Wildman–Crippen MR) is 74.8 cm³/mol. The van der Waals surface area contributed by atoms with E-state index in [1.807, 2.05) is 0 Å². The molecule has 0 saturated heterocycles. The zero-order chi connectivity index (χ0) is 11.6. The highest BCUT2D eigenvalue weighted by Gasteiger charge is 2.24. The topological polar surface area (TPSA) is 0 Å². The lowest BCUT2D eigenvalue weighted by atomic mass is 10.6. The largest absolute Gasteiger partial charge is 0.107 e. The summed E-state index contributed by atoms with van der Waals surface area (Å²) >= 11 is 0. The van der Waals surface area contributed by atoms with E-state index in [0.717, 1.165) is 0 Å². The summed E-state index contributed by atoms with van der Waals surface area (Å²) in [5, 5.41) is 0. The molecule has 1 heteroatoms. The first-order valence-electron chi connectivity index (χ1n) is 5.71. The molecule has 0 spiro atoms. The van der Waals surface area contributed by atoms with Gasteiger partial charge < -0.3 is 0 Å². The summed E-state index contributed by atoms with van der Waals surface area (Å²) < 4.78 is 0.